The summed E-state index contributed by atoms with van der Waals surface area (Å²) in [6.45, 7) is 0.139. The molecule has 0 bridgehead atoms. The molecule has 1 amide bonds. The quantitative estimate of drug-likeness (QED) is 0.452. The van der Waals surface area contributed by atoms with Gasteiger partial charge < -0.3 is 15.0 Å². The molecule has 3 aromatic carbocycles. The molecule has 1 aliphatic heterocycles. The van der Waals surface area contributed by atoms with Gasteiger partial charge in [-0.1, -0.05) is 23.7 Å². The van der Waals surface area contributed by atoms with E-state index in [1.165, 1.54) is 4.31 Å². The van der Waals surface area contributed by atoms with Crippen molar-refractivity contribution in [3.63, 3.8) is 0 Å². The lowest BCUT2D eigenvalue weighted by atomic mass is 10.1. The number of carbonyl (C=O) groups is 1. The van der Waals surface area contributed by atoms with E-state index < -0.39 is 10.0 Å². The van der Waals surface area contributed by atoms with Crippen molar-refractivity contribution in [3.8, 4) is 11.4 Å². The average molecular weight is 483 g/mol. The Morgan fingerprint density at radius 1 is 1.09 bits per heavy atom. The van der Waals surface area contributed by atoms with Crippen LogP contribution in [0.5, 0.6) is 0 Å². The Kier molecular flexibility index (Phi) is 5.53. The first-order valence-electron chi connectivity index (χ1n) is 10.1. The minimum atomic E-state index is -3.42. The third-order valence-electron chi connectivity index (χ3n) is 5.32. The highest BCUT2D eigenvalue weighted by Gasteiger charge is 2.26. The predicted molar refractivity (Wildman–Crippen MR) is 128 cm³/mol. The third kappa shape index (κ3) is 4.30. The van der Waals surface area contributed by atoms with Gasteiger partial charge in [-0.25, -0.2) is 17.7 Å². The van der Waals surface area contributed by atoms with Gasteiger partial charge in [-0.2, -0.15) is 0 Å². The third-order valence-corrected chi connectivity index (χ3v) is 7.32. The molecular formula is C23H19ClN4O4S. The number of para-hydroxylation sites is 2. The average Bonchev–Trinajstić information content (AvgIpc) is 3.24. The summed E-state index contributed by atoms with van der Waals surface area (Å²) in [4.78, 5) is 20.6. The first-order chi connectivity index (χ1) is 15.9. The maximum absolute atomic E-state index is 12.8. The molecule has 1 fully saturated rings. The largest absolute Gasteiger partial charge is 0.359 e. The Balaban J connectivity index is 1.36. The van der Waals surface area contributed by atoms with E-state index in [0.29, 0.717) is 33.3 Å². The first kappa shape index (κ1) is 21.4. The Morgan fingerprint density at radius 2 is 1.88 bits per heavy atom. The second-order valence-corrected chi connectivity index (χ2v) is 9.92. The summed E-state index contributed by atoms with van der Waals surface area (Å²) < 4.78 is 30.9. The van der Waals surface area contributed by atoms with Crippen molar-refractivity contribution in [2.75, 3.05) is 28.7 Å². The van der Waals surface area contributed by atoms with E-state index in [1.807, 2.05) is 24.3 Å². The van der Waals surface area contributed by atoms with Gasteiger partial charge in [0.2, 0.25) is 10.0 Å². The van der Waals surface area contributed by atoms with Crippen LogP contribution in [0.2, 0.25) is 5.02 Å². The van der Waals surface area contributed by atoms with Crippen LogP contribution in [-0.4, -0.2) is 43.4 Å². The Bertz CT molecular complexity index is 1420. The summed E-state index contributed by atoms with van der Waals surface area (Å²) in [5, 5.41) is 3.35. The number of nitrogens with one attached hydrogen (secondary N) is 2. The predicted octanol–water partition coefficient (Wildman–Crippen LogP) is 4.26. The molecule has 1 aromatic heterocycles. The van der Waals surface area contributed by atoms with Crippen LogP contribution in [0.25, 0.3) is 22.4 Å². The number of halogens is 1. The molecule has 0 unspecified atom stereocenters. The van der Waals surface area contributed by atoms with E-state index in [4.69, 9.17) is 16.3 Å². The number of sulfonamides is 1. The van der Waals surface area contributed by atoms with Gasteiger partial charge in [-0.3, -0.25) is 4.79 Å². The number of H-pyrrole nitrogens is 1. The highest BCUT2D eigenvalue weighted by Crippen LogP contribution is 2.30. The molecule has 0 aliphatic carbocycles. The number of imidazole rings is 1. The van der Waals surface area contributed by atoms with Crippen LogP contribution in [0.1, 0.15) is 10.4 Å². The lowest BCUT2D eigenvalue weighted by molar-refractivity contribution is 0.102. The normalized spacial score (nSPS) is 15.5. The molecule has 10 heteroatoms. The van der Waals surface area contributed by atoms with Crippen molar-refractivity contribution < 1.29 is 17.9 Å². The molecule has 33 heavy (non-hydrogen) atoms. The Labute approximate surface area is 195 Å². The number of hydrogen-bond donors (Lipinski definition) is 2. The van der Waals surface area contributed by atoms with E-state index in [-0.39, 0.29) is 25.0 Å². The smallest absolute Gasteiger partial charge is 0.255 e. The number of rotatable bonds is 4. The number of hydrogen-bond acceptors (Lipinski definition) is 5. The fraction of sp³-hybridized carbons (Fsp3) is 0.130. The van der Waals surface area contributed by atoms with Crippen LogP contribution in [0.4, 0.5) is 11.4 Å². The molecule has 0 atom stereocenters. The van der Waals surface area contributed by atoms with Crippen molar-refractivity contribution in [2.45, 2.75) is 0 Å². The number of aromatic nitrogens is 2. The number of fused-ring (bicyclic) bond motifs is 1. The number of benzene rings is 3. The summed E-state index contributed by atoms with van der Waals surface area (Å²) in [5.41, 5.74) is 3.75. The molecular weight excluding hydrogens is 464 g/mol. The van der Waals surface area contributed by atoms with Crippen molar-refractivity contribution in [2.24, 2.45) is 0 Å². The second-order valence-electron chi connectivity index (χ2n) is 7.50. The monoisotopic (exact) mass is 482 g/mol. The van der Waals surface area contributed by atoms with E-state index >= 15 is 0 Å². The van der Waals surface area contributed by atoms with Crippen molar-refractivity contribution in [1.82, 2.24) is 9.97 Å². The lowest BCUT2D eigenvalue weighted by Gasteiger charge is -2.28. The second kappa shape index (κ2) is 8.51. The molecule has 0 saturated carbocycles. The van der Waals surface area contributed by atoms with Crippen LogP contribution in [-0.2, 0) is 14.8 Å². The minimum absolute atomic E-state index is 0.0385. The maximum atomic E-state index is 12.8. The van der Waals surface area contributed by atoms with E-state index in [0.717, 1.165) is 11.0 Å². The molecule has 5 rings (SSSR count). The molecule has 4 aromatic rings. The molecule has 2 N–H and O–H groups in total. The number of aromatic amines is 1. The van der Waals surface area contributed by atoms with Crippen LogP contribution in [0, 0.1) is 0 Å². The Morgan fingerprint density at radius 3 is 2.64 bits per heavy atom. The topological polar surface area (TPSA) is 104 Å². The van der Waals surface area contributed by atoms with Crippen LogP contribution < -0.4 is 9.62 Å². The highest BCUT2D eigenvalue weighted by molar-refractivity contribution is 7.92. The van der Waals surface area contributed by atoms with E-state index in [1.54, 1.807) is 42.5 Å². The van der Waals surface area contributed by atoms with Crippen molar-refractivity contribution in [1.29, 1.82) is 0 Å². The maximum Gasteiger partial charge on any atom is 0.255 e. The number of carbonyl (C=O) groups excluding carboxylic acids is 1. The van der Waals surface area contributed by atoms with Gasteiger partial charge in [0.1, 0.15) is 12.6 Å². The minimum Gasteiger partial charge on any atom is -0.359 e. The number of anilines is 2. The summed E-state index contributed by atoms with van der Waals surface area (Å²) in [7, 11) is -3.42. The van der Waals surface area contributed by atoms with E-state index in [9.17, 15) is 13.2 Å². The van der Waals surface area contributed by atoms with Gasteiger partial charge in [0.05, 0.1) is 34.1 Å². The molecule has 8 nitrogen and oxygen atoms in total. The zero-order valence-corrected chi connectivity index (χ0v) is 18.9. The molecule has 0 radical (unpaired) electrons. The van der Waals surface area contributed by atoms with Crippen molar-refractivity contribution >= 4 is 49.9 Å². The molecule has 0 spiro atoms. The standard InChI is InChI=1S/C23H19ClN4O4S/c24-19-10-7-16(13-18(19)22-26-20-3-1-2-4-21(20)27-22)25-23(29)15-5-8-17(9-6-15)28-14-32-11-12-33(28,30)31/h1-10,13H,11-12,14H2,(H,25,29)(H,26,27). The Hall–Kier alpha value is -3.40. The van der Waals surface area contributed by atoms with Gasteiger partial charge >= 0.3 is 0 Å². The van der Waals surface area contributed by atoms with Gasteiger partial charge in [0.25, 0.3) is 5.91 Å². The van der Waals surface area contributed by atoms with Gasteiger partial charge in [-0.05, 0) is 54.6 Å². The SMILES string of the molecule is O=C(Nc1ccc(Cl)c(-c2nc3ccccc3[nH]2)c1)c1ccc(N2COCCS2(=O)=O)cc1. The summed E-state index contributed by atoms with van der Waals surface area (Å²) in [6, 6.07) is 19.1. The number of nitrogens with zero attached hydrogens (tertiary/aromatic N) is 2. The fourth-order valence-corrected chi connectivity index (χ4v) is 5.02. The number of ether oxygens (including phenoxy) is 1. The lowest BCUT2D eigenvalue weighted by Crippen LogP contribution is -2.41. The molecule has 1 saturated heterocycles. The van der Waals surface area contributed by atoms with Crippen molar-refractivity contribution in [3.05, 3.63) is 77.3 Å². The molecule has 168 valence electrons. The fourth-order valence-electron chi connectivity index (χ4n) is 3.58. The summed E-state index contributed by atoms with van der Waals surface area (Å²) >= 11 is 6.39. The van der Waals surface area contributed by atoms with Gasteiger partial charge in [0.15, 0.2) is 0 Å². The summed E-state index contributed by atoms with van der Waals surface area (Å²) in [5.74, 6) is 0.197. The van der Waals surface area contributed by atoms with Crippen LogP contribution >= 0.6 is 11.6 Å². The van der Waals surface area contributed by atoms with Crippen LogP contribution in [0.3, 0.4) is 0 Å². The molecule has 2 heterocycles. The van der Waals surface area contributed by atoms with Crippen LogP contribution in [0.15, 0.2) is 66.7 Å². The van der Waals surface area contributed by atoms with E-state index in [2.05, 4.69) is 15.3 Å². The highest BCUT2D eigenvalue weighted by atomic mass is 35.5. The zero-order chi connectivity index (χ0) is 23.0. The molecule has 1 aliphatic rings. The first-order valence-corrected chi connectivity index (χ1v) is 12.1. The number of amides is 1. The van der Waals surface area contributed by atoms with Gasteiger partial charge in [-0.15, -0.1) is 0 Å². The summed E-state index contributed by atoms with van der Waals surface area (Å²) in [6.07, 6.45) is 0. The zero-order valence-electron chi connectivity index (χ0n) is 17.3. The van der Waals surface area contributed by atoms with Gasteiger partial charge in [0, 0.05) is 16.8 Å².